The number of furan rings is 1. The first-order valence-corrected chi connectivity index (χ1v) is 9.21. The number of urea groups is 1. The van der Waals surface area contributed by atoms with Gasteiger partial charge in [-0.2, -0.15) is 0 Å². The number of benzene rings is 1. The third-order valence-corrected chi connectivity index (χ3v) is 5.11. The maximum atomic E-state index is 12.7. The number of carbonyl (C=O) groups excluding carboxylic acids is 2. The molecular weight excluding hydrogens is 352 g/mol. The quantitative estimate of drug-likeness (QED) is 0.622. The molecule has 2 aliphatic rings. The molecule has 1 N–H and O–H groups in total. The Kier molecular flexibility index (Phi) is 4.55. The van der Waals surface area contributed by atoms with Gasteiger partial charge in [0.25, 0.3) is 5.91 Å². The van der Waals surface area contributed by atoms with Crippen LogP contribution in [0.25, 0.3) is 17.4 Å². The van der Waals surface area contributed by atoms with Gasteiger partial charge in [-0.25, -0.2) is 4.79 Å². The topological polar surface area (TPSA) is 62.6 Å². The van der Waals surface area contributed by atoms with E-state index in [1.165, 1.54) is 11.3 Å². The standard InChI is InChI=1S/C20H19ClN2O3/c21-14-6-4-5-13(11-14)18-10-9-16(26-18)12-17-19(24)23(20(25)22-17)15-7-2-1-3-8-15/h4-6,9-12,15H,1-3,7-8H2,(H,22,25)/b17-12-. The molecule has 5 nitrogen and oxygen atoms in total. The zero-order valence-corrected chi connectivity index (χ0v) is 15.0. The van der Waals surface area contributed by atoms with Crippen LogP contribution in [0.15, 0.2) is 46.5 Å². The summed E-state index contributed by atoms with van der Waals surface area (Å²) in [6, 6.07) is 10.6. The van der Waals surface area contributed by atoms with Crippen molar-refractivity contribution in [2.24, 2.45) is 0 Å². The van der Waals surface area contributed by atoms with E-state index in [4.69, 9.17) is 16.0 Å². The Hall–Kier alpha value is -2.53. The first-order chi connectivity index (χ1) is 12.6. The van der Waals surface area contributed by atoms with Gasteiger partial charge in [0, 0.05) is 22.7 Å². The molecule has 1 saturated heterocycles. The van der Waals surface area contributed by atoms with Gasteiger partial charge in [-0.3, -0.25) is 9.69 Å². The highest BCUT2D eigenvalue weighted by atomic mass is 35.5. The molecule has 2 fully saturated rings. The van der Waals surface area contributed by atoms with E-state index in [-0.39, 0.29) is 23.7 Å². The summed E-state index contributed by atoms with van der Waals surface area (Å²) in [5.74, 6) is 0.886. The number of amides is 3. The maximum Gasteiger partial charge on any atom is 0.329 e. The van der Waals surface area contributed by atoms with Crippen molar-refractivity contribution < 1.29 is 14.0 Å². The molecule has 2 aromatic rings. The number of rotatable bonds is 3. The van der Waals surface area contributed by atoms with Crippen molar-refractivity contribution in [2.45, 2.75) is 38.1 Å². The summed E-state index contributed by atoms with van der Waals surface area (Å²) in [6.45, 7) is 0. The van der Waals surface area contributed by atoms with Gasteiger partial charge in [0.2, 0.25) is 0 Å². The summed E-state index contributed by atoms with van der Waals surface area (Å²) in [6.07, 6.45) is 6.63. The minimum Gasteiger partial charge on any atom is -0.457 e. The summed E-state index contributed by atoms with van der Waals surface area (Å²) in [4.78, 5) is 26.3. The highest BCUT2D eigenvalue weighted by molar-refractivity contribution is 6.30. The predicted octanol–water partition coefficient (Wildman–Crippen LogP) is 4.83. The van der Waals surface area contributed by atoms with Gasteiger partial charge in [0.1, 0.15) is 17.2 Å². The first kappa shape index (κ1) is 16.9. The molecule has 26 heavy (non-hydrogen) atoms. The van der Waals surface area contributed by atoms with Crippen molar-refractivity contribution in [1.29, 1.82) is 0 Å². The Balaban J connectivity index is 1.55. The van der Waals surface area contributed by atoms with E-state index in [0.717, 1.165) is 31.2 Å². The normalized spacial score (nSPS) is 20.0. The summed E-state index contributed by atoms with van der Waals surface area (Å²) >= 11 is 6.01. The first-order valence-electron chi connectivity index (χ1n) is 8.84. The van der Waals surface area contributed by atoms with Gasteiger partial charge < -0.3 is 9.73 Å². The van der Waals surface area contributed by atoms with Crippen LogP contribution in [-0.2, 0) is 4.79 Å². The van der Waals surface area contributed by atoms with E-state index >= 15 is 0 Å². The van der Waals surface area contributed by atoms with Crippen molar-refractivity contribution in [3.63, 3.8) is 0 Å². The van der Waals surface area contributed by atoms with Crippen LogP contribution in [-0.4, -0.2) is 22.9 Å². The average molecular weight is 371 g/mol. The third kappa shape index (κ3) is 3.27. The Morgan fingerprint density at radius 1 is 1.12 bits per heavy atom. The summed E-state index contributed by atoms with van der Waals surface area (Å²) in [7, 11) is 0. The molecule has 0 spiro atoms. The molecule has 1 aromatic carbocycles. The van der Waals surface area contributed by atoms with Crippen molar-refractivity contribution in [3.05, 3.63) is 52.9 Å². The molecule has 2 heterocycles. The molecule has 4 rings (SSSR count). The summed E-state index contributed by atoms with van der Waals surface area (Å²) < 4.78 is 5.79. The van der Waals surface area contributed by atoms with Crippen LogP contribution in [0.3, 0.4) is 0 Å². The Morgan fingerprint density at radius 3 is 2.69 bits per heavy atom. The van der Waals surface area contributed by atoms with Gasteiger partial charge >= 0.3 is 6.03 Å². The second kappa shape index (κ2) is 7.00. The number of hydrogen-bond acceptors (Lipinski definition) is 3. The van der Waals surface area contributed by atoms with E-state index in [0.29, 0.717) is 16.5 Å². The van der Waals surface area contributed by atoms with Crippen LogP contribution < -0.4 is 5.32 Å². The lowest BCUT2D eigenvalue weighted by atomic mass is 9.94. The lowest BCUT2D eigenvalue weighted by Gasteiger charge is -2.28. The number of carbonyl (C=O) groups is 2. The van der Waals surface area contributed by atoms with E-state index in [2.05, 4.69) is 5.32 Å². The molecule has 3 amide bonds. The number of nitrogens with zero attached hydrogens (tertiary/aromatic N) is 1. The molecule has 0 unspecified atom stereocenters. The number of hydrogen-bond donors (Lipinski definition) is 1. The van der Waals surface area contributed by atoms with Crippen molar-refractivity contribution >= 4 is 29.6 Å². The zero-order chi connectivity index (χ0) is 18.1. The molecule has 1 saturated carbocycles. The van der Waals surface area contributed by atoms with Crippen molar-refractivity contribution in [2.75, 3.05) is 0 Å². The largest absolute Gasteiger partial charge is 0.457 e. The Labute approximate surface area is 156 Å². The van der Waals surface area contributed by atoms with E-state index in [9.17, 15) is 9.59 Å². The summed E-state index contributed by atoms with van der Waals surface area (Å²) in [5.41, 5.74) is 1.11. The van der Waals surface area contributed by atoms with Gasteiger partial charge in [-0.15, -0.1) is 0 Å². The van der Waals surface area contributed by atoms with Gasteiger partial charge in [0.05, 0.1) is 0 Å². The lowest BCUT2D eigenvalue weighted by molar-refractivity contribution is -0.124. The highest BCUT2D eigenvalue weighted by Crippen LogP contribution is 2.28. The van der Waals surface area contributed by atoms with Crippen LogP contribution in [0.5, 0.6) is 0 Å². The maximum absolute atomic E-state index is 12.7. The van der Waals surface area contributed by atoms with Crippen molar-refractivity contribution in [3.8, 4) is 11.3 Å². The van der Waals surface area contributed by atoms with Crippen LogP contribution in [0.1, 0.15) is 37.9 Å². The average Bonchev–Trinajstić information content (AvgIpc) is 3.21. The van der Waals surface area contributed by atoms with Crippen LogP contribution in [0.4, 0.5) is 4.79 Å². The van der Waals surface area contributed by atoms with Gasteiger partial charge in [-0.1, -0.05) is 43.0 Å². The lowest BCUT2D eigenvalue weighted by Crippen LogP contribution is -2.41. The third-order valence-electron chi connectivity index (χ3n) is 4.87. The molecule has 1 aliphatic heterocycles. The van der Waals surface area contributed by atoms with Crippen LogP contribution in [0, 0.1) is 0 Å². The number of nitrogens with one attached hydrogen (secondary N) is 1. The predicted molar refractivity (Wildman–Crippen MR) is 99.4 cm³/mol. The number of halogens is 1. The molecule has 134 valence electrons. The SMILES string of the molecule is O=C1N/C(=C\c2ccc(-c3cccc(Cl)c3)o2)C(=O)N1C1CCCCC1. The molecule has 1 aliphatic carbocycles. The van der Waals surface area contributed by atoms with E-state index in [1.807, 2.05) is 24.3 Å². The minimum absolute atomic E-state index is 0.000715. The molecule has 1 aromatic heterocycles. The highest BCUT2D eigenvalue weighted by Gasteiger charge is 2.39. The summed E-state index contributed by atoms with van der Waals surface area (Å²) in [5, 5.41) is 3.30. The fourth-order valence-corrected chi connectivity index (χ4v) is 3.78. The molecule has 0 radical (unpaired) electrons. The van der Waals surface area contributed by atoms with Gasteiger partial charge in [-0.05, 0) is 37.1 Å². The Morgan fingerprint density at radius 2 is 1.92 bits per heavy atom. The van der Waals surface area contributed by atoms with Crippen LogP contribution in [0.2, 0.25) is 5.02 Å². The minimum atomic E-state index is -0.338. The molecular formula is C20H19ClN2O3. The van der Waals surface area contributed by atoms with Gasteiger partial charge in [0.15, 0.2) is 0 Å². The fraction of sp³-hybridized carbons (Fsp3) is 0.300. The van der Waals surface area contributed by atoms with E-state index in [1.54, 1.807) is 18.2 Å². The smallest absolute Gasteiger partial charge is 0.329 e. The van der Waals surface area contributed by atoms with Crippen molar-refractivity contribution in [1.82, 2.24) is 10.2 Å². The van der Waals surface area contributed by atoms with Crippen LogP contribution >= 0.6 is 11.6 Å². The second-order valence-electron chi connectivity index (χ2n) is 6.67. The Bertz CT molecular complexity index is 881. The molecule has 6 heteroatoms. The fourth-order valence-electron chi connectivity index (χ4n) is 3.59. The zero-order valence-electron chi connectivity index (χ0n) is 14.2. The second-order valence-corrected chi connectivity index (χ2v) is 7.10. The molecule has 0 atom stereocenters. The number of imide groups is 1. The molecule has 0 bridgehead atoms. The monoisotopic (exact) mass is 370 g/mol. The van der Waals surface area contributed by atoms with E-state index < -0.39 is 0 Å².